The van der Waals surface area contributed by atoms with Crippen molar-refractivity contribution in [1.82, 2.24) is 0 Å². The zero-order valence-electron chi connectivity index (χ0n) is 11.3. The highest BCUT2D eigenvalue weighted by molar-refractivity contribution is 7.93. The lowest BCUT2D eigenvalue weighted by molar-refractivity contribution is -0.115. The number of amides is 1. The predicted octanol–water partition coefficient (Wildman–Crippen LogP) is 2.01. The van der Waals surface area contributed by atoms with E-state index in [9.17, 15) is 13.2 Å². The fraction of sp³-hybridized carbons (Fsp3) is 0.214. The van der Waals surface area contributed by atoms with Gasteiger partial charge in [0.2, 0.25) is 5.91 Å². The highest BCUT2D eigenvalue weighted by Crippen LogP contribution is 2.19. The molecule has 0 spiro atoms. The number of benzene rings is 1. The van der Waals surface area contributed by atoms with E-state index in [2.05, 4.69) is 5.32 Å². The molecular formula is C14H16N2O3S2. The van der Waals surface area contributed by atoms with Gasteiger partial charge in [-0.25, -0.2) is 8.42 Å². The van der Waals surface area contributed by atoms with E-state index in [1.165, 1.54) is 0 Å². The Hall–Kier alpha value is -1.70. The Bertz CT molecular complexity index is 710. The maximum atomic E-state index is 12.0. The average molecular weight is 324 g/mol. The van der Waals surface area contributed by atoms with Crippen molar-refractivity contribution in [3.8, 4) is 0 Å². The van der Waals surface area contributed by atoms with Crippen LogP contribution in [0.5, 0.6) is 0 Å². The molecule has 0 radical (unpaired) electrons. The third-order valence-corrected chi connectivity index (χ3v) is 6.11. The number of para-hydroxylation sites is 1. The molecule has 0 bridgehead atoms. The van der Waals surface area contributed by atoms with Gasteiger partial charge in [-0.05, 0) is 23.1 Å². The van der Waals surface area contributed by atoms with Gasteiger partial charge < -0.3 is 11.1 Å². The number of carbonyl (C=O) groups excluding carboxylic acids is 1. The van der Waals surface area contributed by atoms with Gasteiger partial charge in [-0.3, -0.25) is 4.79 Å². The molecule has 21 heavy (non-hydrogen) atoms. The first kappa shape index (κ1) is 15.7. The molecule has 1 aromatic heterocycles. The van der Waals surface area contributed by atoms with Crippen LogP contribution in [0.2, 0.25) is 0 Å². The SMILES string of the molecule is NCc1ccccc1NC(=O)CCS(=O)(=O)c1cccs1. The fourth-order valence-corrected chi connectivity index (χ4v) is 4.19. The van der Waals surface area contributed by atoms with Gasteiger partial charge in [-0.2, -0.15) is 0 Å². The van der Waals surface area contributed by atoms with E-state index in [0.29, 0.717) is 12.2 Å². The summed E-state index contributed by atoms with van der Waals surface area (Å²) in [5, 5.41) is 4.40. The second-order valence-corrected chi connectivity index (χ2v) is 7.69. The molecule has 112 valence electrons. The van der Waals surface area contributed by atoms with E-state index in [4.69, 9.17) is 5.73 Å². The largest absolute Gasteiger partial charge is 0.326 e. The van der Waals surface area contributed by atoms with Crippen molar-refractivity contribution >= 4 is 32.8 Å². The normalized spacial score (nSPS) is 11.3. The molecule has 0 fully saturated rings. The molecule has 0 unspecified atom stereocenters. The number of rotatable bonds is 6. The van der Waals surface area contributed by atoms with E-state index >= 15 is 0 Å². The Morgan fingerprint density at radius 2 is 1.95 bits per heavy atom. The standard InChI is InChI=1S/C14H16N2O3S2/c15-10-11-4-1-2-5-12(11)16-13(17)7-9-21(18,19)14-6-3-8-20-14/h1-6,8H,7,9-10,15H2,(H,16,17). The van der Waals surface area contributed by atoms with Crippen molar-refractivity contribution < 1.29 is 13.2 Å². The van der Waals surface area contributed by atoms with Crippen molar-refractivity contribution in [3.05, 3.63) is 47.3 Å². The third-order valence-electron chi connectivity index (χ3n) is 2.91. The average Bonchev–Trinajstić information content (AvgIpc) is 3.01. The lowest BCUT2D eigenvalue weighted by Crippen LogP contribution is -2.18. The molecule has 0 atom stereocenters. The maximum Gasteiger partial charge on any atom is 0.225 e. The monoisotopic (exact) mass is 324 g/mol. The summed E-state index contributed by atoms with van der Waals surface area (Å²) in [5.41, 5.74) is 7.02. The summed E-state index contributed by atoms with van der Waals surface area (Å²) in [6, 6.07) is 10.4. The molecule has 2 aromatic rings. The third kappa shape index (κ3) is 4.13. The van der Waals surface area contributed by atoms with Gasteiger partial charge in [0.05, 0.1) is 5.75 Å². The van der Waals surface area contributed by atoms with E-state index < -0.39 is 9.84 Å². The minimum absolute atomic E-state index is 0.0842. The predicted molar refractivity (Wildman–Crippen MR) is 84.0 cm³/mol. The van der Waals surface area contributed by atoms with Crippen LogP contribution in [0.25, 0.3) is 0 Å². The van der Waals surface area contributed by atoms with Gasteiger partial charge >= 0.3 is 0 Å². The molecule has 2 rings (SSSR count). The van der Waals surface area contributed by atoms with Crippen LogP contribution < -0.4 is 11.1 Å². The van der Waals surface area contributed by atoms with Gasteiger partial charge in [0, 0.05) is 18.7 Å². The van der Waals surface area contributed by atoms with Crippen LogP contribution in [0.3, 0.4) is 0 Å². The van der Waals surface area contributed by atoms with E-state index in [-0.39, 0.29) is 22.3 Å². The van der Waals surface area contributed by atoms with Gasteiger partial charge in [0.15, 0.2) is 9.84 Å². The number of thiophene rings is 1. The van der Waals surface area contributed by atoms with Gasteiger partial charge in [-0.1, -0.05) is 24.3 Å². The van der Waals surface area contributed by atoms with Gasteiger partial charge in [0.1, 0.15) is 4.21 Å². The molecule has 1 amide bonds. The molecule has 1 aromatic carbocycles. The van der Waals surface area contributed by atoms with Crippen molar-refractivity contribution in [1.29, 1.82) is 0 Å². The van der Waals surface area contributed by atoms with Crippen molar-refractivity contribution in [2.75, 3.05) is 11.1 Å². The summed E-state index contributed by atoms with van der Waals surface area (Å²) in [6.07, 6.45) is -0.0842. The van der Waals surface area contributed by atoms with Crippen LogP contribution >= 0.6 is 11.3 Å². The fourth-order valence-electron chi connectivity index (χ4n) is 1.80. The highest BCUT2D eigenvalue weighted by Gasteiger charge is 2.17. The number of carbonyl (C=O) groups is 1. The molecule has 7 heteroatoms. The molecule has 0 aliphatic heterocycles. The topological polar surface area (TPSA) is 89.3 Å². The summed E-state index contributed by atoms with van der Waals surface area (Å²) in [6.45, 7) is 0.309. The Morgan fingerprint density at radius 1 is 1.19 bits per heavy atom. The number of nitrogens with two attached hydrogens (primary N) is 1. The minimum Gasteiger partial charge on any atom is -0.326 e. The van der Waals surface area contributed by atoms with E-state index in [1.54, 1.807) is 29.6 Å². The quantitative estimate of drug-likeness (QED) is 0.850. The van der Waals surface area contributed by atoms with E-state index in [1.807, 2.05) is 12.1 Å². The first-order valence-corrected chi connectivity index (χ1v) is 8.90. The lowest BCUT2D eigenvalue weighted by Gasteiger charge is -2.09. The van der Waals surface area contributed by atoms with Crippen LogP contribution in [-0.4, -0.2) is 20.1 Å². The molecule has 0 aliphatic carbocycles. The van der Waals surface area contributed by atoms with Crippen LogP contribution in [0.15, 0.2) is 46.0 Å². The molecular weight excluding hydrogens is 308 g/mol. The Kier molecular flexibility index (Phi) is 5.11. The maximum absolute atomic E-state index is 12.0. The second kappa shape index (κ2) is 6.84. The van der Waals surface area contributed by atoms with Crippen LogP contribution in [-0.2, 0) is 21.2 Å². The first-order chi connectivity index (χ1) is 10.0. The molecule has 3 N–H and O–H groups in total. The van der Waals surface area contributed by atoms with E-state index in [0.717, 1.165) is 16.9 Å². The lowest BCUT2D eigenvalue weighted by atomic mass is 10.2. The van der Waals surface area contributed by atoms with Crippen LogP contribution in [0.4, 0.5) is 5.69 Å². The van der Waals surface area contributed by atoms with Gasteiger partial charge in [-0.15, -0.1) is 11.3 Å². The Labute approximate surface area is 127 Å². The highest BCUT2D eigenvalue weighted by atomic mass is 32.2. The van der Waals surface area contributed by atoms with Crippen LogP contribution in [0, 0.1) is 0 Å². The van der Waals surface area contributed by atoms with Crippen molar-refractivity contribution in [2.24, 2.45) is 5.73 Å². The zero-order chi connectivity index (χ0) is 15.3. The molecule has 5 nitrogen and oxygen atoms in total. The Balaban J connectivity index is 1.97. The van der Waals surface area contributed by atoms with Crippen LogP contribution in [0.1, 0.15) is 12.0 Å². The van der Waals surface area contributed by atoms with Crippen molar-refractivity contribution in [3.63, 3.8) is 0 Å². The van der Waals surface area contributed by atoms with Gasteiger partial charge in [0.25, 0.3) is 0 Å². The summed E-state index contributed by atoms with van der Waals surface area (Å²) >= 11 is 1.16. The summed E-state index contributed by atoms with van der Waals surface area (Å²) in [7, 11) is -3.39. The number of hydrogen-bond acceptors (Lipinski definition) is 5. The summed E-state index contributed by atoms with van der Waals surface area (Å²) in [5.74, 6) is -0.541. The summed E-state index contributed by atoms with van der Waals surface area (Å²) in [4.78, 5) is 11.9. The summed E-state index contributed by atoms with van der Waals surface area (Å²) < 4.78 is 24.3. The first-order valence-electron chi connectivity index (χ1n) is 6.37. The number of anilines is 1. The molecule has 0 saturated carbocycles. The second-order valence-electron chi connectivity index (χ2n) is 4.41. The molecule has 0 saturated heterocycles. The smallest absolute Gasteiger partial charge is 0.225 e. The zero-order valence-corrected chi connectivity index (χ0v) is 12.9. The molecule has 1 heterocycles. The number of nitrogens with one attached hydrogen (secondary N) is 1. The number of hydrogen-bond donors (Lipinski definition) is 2. The van der Waals surface area contributed by atoms with Crippen molar-refractivity contribution in [2.45, 2.75) is 17.2 Å². The number of sulfone groups is 1. The molecule has 0 aliphatic rings. The minimum atomic E-state index is -3.39. The Morgan fingerprint density at radius 3 is 2.62 bits per heavy atom.